The van der Waals surface area contributed by atoms with Crippen LogP contribution in [0, 0.1) is 0 Å². The van der Waals surface area contributed by atoms with Crippen molar-refractivity contribution in [2.75, 3.05) is 6.61 Å². The first-order chi connectivity index (χ1) is 21.2. The van der Waals surface area contributed by atoms with Gasteiger partial charge in [0.2, 0.25) is 5.91 Å². The molecule has 1 aliphatic heterocycles. The van der Waals surface area contributed by atoms with Gasteiger partial charge >= 0.3 is 0 Å². The van der Waals surface area contributed by atoms with Gasteiger partial charge in [-0.05, 0) is 22.3 Å². The third-order valence-electron chi connectivity index (χ3n) is 7.24. The lowest BCUT2D eigenvalue weighted by molar-refractivity contribution is -0.293. The molecule has 224 valence electrons. The van der Waals surface area contributed by atoms with Crippen LogP contribution in [0.15, 0.2) is 121 Å². The van der Waals surface area contributed by atoms with Gasteiger partial charge in [0.05, 0.1) is 33.0 Å². The van der Waals surface area contributed by atoms with E-state index >= 15 is 0 Å². The van der Waals surface area contributed by atoms with Gasteiger partial charge in [0.25, 0.3) is 0 Å². The Kier molecular flexibility index (Phi) is 11.5. The minimum absolute atomic E-state index is 0.212. The maximum Gasteiger partial charge on any atom is 0.217 e. The molecule has 5 atom stereocenters. The van der Waals surface area contributed by atoms with E-state index in [0.717, 1.165) is 22.3 Å². The van der Waals surface area contributed by atoms with E-state index in [-0.39, 0.29) is 12.5 Å². The van der Waals surface area contributed by atoms with Crippen molar-refractivity contribution in [3.05, 3.63) is 144 Å². The highest BCUT2D eigenvalue weighted by molar-refractivity contribution is 5.73. The van der Waals surface area contributed by atoms with Crippen LogP contribution in [0.25, 0.3) is 0 Å². The minimum Gasteiger partial charge on any atom is -0.374 e. The first kappa shape index (κ1) is 30.6. The summed E-state index contributed by atoms with van der Waals surface area (Å²) in [6, 6.07) is 39.1. The van der Waals surface area contributed by atoms with Crippen molar-refractivity contribution in [3.63, 3.8) is 0 Å². The highest BCUT2D eigenvalue weighted by Gasteiger charge is 2.48. The number of nitrogens with one attached hydrogen (secondary N) is 1. The van der Waals surface area contributed by atoms with Crippen LogP contribution in [0.3, 0.4) is 0 Å². The zero-order valence-corrected chi connectivity index (χ0v) is 24.4. The van der Waals surface area contributed by atoms with E-state index in [1.807, 2.05) is 121 Å². The van der Waals surface area contributed by atoms with Crippen LogP contribution >= 0.6 is 0 Å². The van der Waals surface area contributed by atoms with E-state index in [0.29, 0.717) is 26.4 Å². The highest BCUT2D eigenvalue weighted by atomic mass is 16.7. The number of rotatable bonds is 14. The number of hydrogen-bond donors (Lipinski definition) is 1. The van der Waals surface area contributed by atoms with E-state index in [2.05, 4.69) is 5.32 Å². The smallest absolute Gasteiger partial charge is 0.217 e. The average Bonchev–Trinajstić information content (AvgIpc) is 3.05. The van der Waals surface area contributed by atoms with Crippen molar-refractivity contribution < 1.29 is 28.5 Å². The topological polar surface area (TPSA) is 75.3 Å². The molecule has 4 aromatic carbocycles. The molecule has 0 unspecified atom stereocenters. The number of benzene rings is 4. The number of carbonyl (C=O) groups is 1. The van der Waals surface area contributed by atoms with Crippen molar-refractivity contribution in [1.82, 2.24) is 5.32 Å². The lowest BCUT2D eigenvalue weighted by Gasteiger charge is -2.46. The summed E-state index contributed by atoms with van der Waals surface area (Å²) < 4.78 is 32.3. The molecule has 1 fully saturated rings. The molecule has 7 nitrogen and oxygen atoms in total. The predicted molar refractivity (Wildman–Crippen MR) is 164 cm³/mol. The fourth-order valence-electron chi connectivity index (χ4n) is 5.12. The summed E-state index contributed by atoms with van der Waals surface area (Å²) in [6.07, 6.45) is -2.48. The average molecular weight is 582 g/mol. The van der Waals surface area contributed by atoms with Gasteiger partial charge in [-0.25, -0.2) is 0 Å². The molecule has 0 saturated carbocycles. The number of amides is 1. The Hall–Kier alpha value is -3.85. The maximum atomic E-state index is 12.5. The summed E-state index contributed by atoms with van der Waals surface area (Å²) in [6.45, 7) is 3.13. The summed E-state index contributed by atoms with van der Waals surface area (Å²) in [5.41, 5.74) is 4.08. The van der Waals surface area contributed by atoms with Crippen LogP contribution in [0.2, 0.25) is 0 Å². The first-order valence-electron chi connectivity index (χ1n) is 14.7. The zero-order valence-electron chi connectivity index (χ0n) is 24.4. The van der Waals surface area contributed by atoms with Crippen LogP contribution < -0.4 is 5.32 Å². The van der Waals surface area contributed by atoms with Crippen molar-refractivity contribution in [2.24, 2.45) is 0 Å². The third-order valence-corrected chi connectivity index (χ3v) is 7.24. The van der Waals surface area contributed by atoms with Gasteiger partial charge in [-0.2, -0.15) is 0 Å². The molecule has 1 aliphatic rings. The Morgan fingerprint density at radius 2 is 1.02 bits per heavy atom. The van der Waals surface area contributed by atoms with Crippen LogP contribution in [-0.4, -0.2) is 43.2 Å². The van der Waals surface area contributed by atoms with Crippen LogP contribution in [-0.2, 0) is 54.9 Å². The lowest BCUT2D eigenvalue weighted by atomic mass is 9.95. The molecule has 0 aromatic heterocycles. The van der Waals surface area contributed by atoms with Gasteiger partial charge < -0.3 is 29.0 Å². The molecule has 0 spiro atoms. The van der Waals surface area contributed by atoms with Gasteiger partial charge in [-0.3, -0.25) is 4.79 Å². The Balaban J connectivity index is 1.41. The second-order valence-corrected chi connectivity index (χ2v) is 10.6. The van der Waals surface area contributed by atoms with Gasteiger partial charge in [0.1, 0.15) is 24.4 Å². The molecule has 5 rings (SSSR count). The molecule has 7 heteroatoms. The molecule has 43 heavy (non-hydrogen) atoms. The fourth-order valence-corrected chi connectivity index (χ4v) is 5.12. The quantitative estimate of drug-likeness (QED) is 0.202. The van der Waals surface area contributed by atoms with E-state index in [9.17, 15) is 4.79 Å². The summed E-state index contributed by atoms with van der Waals surface area (Å²) in [5.74, 6) is -0.212. The molecule has 1 saturated heterocycles. The fraction of sp³-hybridized carbons (Fsp3) is 0.306. The van der Waals surface area contributed by atoms with Gasteiger partial charge in [0.15, 0.2) is 6.29 Å². The molecule has 1 amide bonds. The second-order valence-electron chi connectivity index (χ2n) is 10.6. The SMILES string of the molecule is CC(=O)N[C@H]1[C@H](OCc2ccccc2)O[C@@H](COCc2ccccc2)[C@@H](OCc2ccccc2)[C@@H]1OCc1ccccc1. The number of ether oxygens (including phenoxy) is 5. The monoisotopic (exact) mass is 581 g/mol. The largest absolute Gasteiger partial charge is 0.374 e. The summed E-state index contributed by atoms with van der Waals surface area (Å²) in [5, 5.41) is 3.05. The molecule has 4 aromatic rings. The van der Waals surface area contributed by atoms with Crippen molar-refractivity contribution in [3.8, 4) is 0 Å². The first-order valence-corrected chi connectivity index (χ1v) is 14.7. The van der Waals surface area contributed by atoms with E-state index in [1.165, 1.54) is 6.92 Å². The van der Waals surface area contributed by atoms with Gasteiger partial charge in [-0.15, -0.1) is 0 Å². The van der Waals surface area contributed by atoms with E-state index < -0.39 is 30.6 Å². The van der Waals surface area contributed by atoms with Crippen molar-refractivity contribution in [2.45, 2.75) is 64.0 Å². The normalized spacial score (nSPS) is 21.7. The van der Waals surface area contributed by atoms with E-state index in [4.69, 9.17) is 23.7 Å². The molecule has 0 radical (unpaired) electrons. The van der Waals surface area contributed by atoms with Crippen molar-refractivity contribution in [1.29, 1.82) is 0 Å². The van der Waals surface area contributed by atoms with Crippen LogP contribution in [0.4, 0.5) is 0 Å². The van der Waals surface area contributed by atoms with E-state index in [1.54, 1.807) is 0 Å². The Labute approximate surface area is 253 Å². The Morgan fingerprint density at radius 1 is 0.605 bits per heavy atom. The van der Waals surface area contributed by atoms with Crippen LogP contribution in [0.5, 0.6) is 0 Å². The highest BCUT2D eigenvalue weighted by Crippen LogP contribution is 2.30. The molecular weight excluding hydrogens is 542 g/mol. The molecular formula is C36H39NO6. The van der Waals surface area contributed by atoms with Gasteiger partial charge in [-0.1, -0.05) is 121 Å². The summed E-state index contributed by atoms with van der Waals surface area (Å²) in [4.78, 5) is 12.5. The standard InChI is InChI=1S/C36H39NO6/c1-27(38)37-33-35(41-24-30-18-10-4-11-19-30)34(40-23-29-16-8-3-9-17-29)32(26-39-22-28-14-6-2-7-15-28)43-36(33)42-25-31-20-12-5-13-21-31/h2-21,32-36H,22-26H2,1H3,(H,37,38)/t32-,33+,34+,35+,36+/m0/s1. The third kappa shape index (κ3) is 9.32. The van der Waals surface area contributed by atoms with Gasteiger partial charge in [0, 0.05) is 6.92 Å². The summed E-state index contributed by atoms with van der Waals surface area (Å²) in [7, 11) is 0. The zero-order chi connectivity index (χ0) is 29.7. The molecule has 1 N–H and O–H groups in total. The molecule has 1 heterocycles. The predicted octanol–water partition coefficient (Wildman–Crippen LogP) is 5.82. The Morgan fingerprint density at radius 3 is 1.49 bits per heavy atom. The molecule has 0 bridgehead atoms. The second kappa shape index (κ2) is 16.1. The summed E-state index contributed by atoms with van der Waals surface area (Å²) >= 11 is 0. The molecule has 0 aliphatic carbocycles. The lowest BCUT2D eigenvalue weighted by Crippen LogP contribution is -2.66. The number of carbonyl (C=O) groups excluding carboxylic acids is 1. The van der Waals surface area contributed by atoms with Crippen molar-refractivity contribution >= 4 is 5.91 Å². The Bertz CT molecular complexity index is 1360. The van der Waals surface area contributed by atoms with Crippen LogP contribution in [0.1, 0.15) is 29.2 Å². The maximum absolute atomic E-state index is 12.5. The number of hydrogen-bond acceptors (Lipinski definition) is 6. The minimum atomic E-state index is -0.799.